The average Bonchev–Trinajstić information content (AvgIpc) is 2.90. The number of hydrogen-bond acceptors (Lipinski definition) is 7. The van der Waals surface area contributed by atoms with Gasteiger partial charge in [0.1, 0.15) is 17.0 Å². The SMILES string of the molecule is COC(=O)/C(=C/C1CCCN(C(=O)OC(C)(C)C)C1)NC(=O)c1ccc(C(=O)NCc2cccc(O)c2)cc1Br. The molecule has 3 amide bonds. The van der Waals surface area contributed by atoms with E-state index in [2.05, 4.69) is 26.6 Å². The normalized spacial score (nSPS) is 15.7. The van der Waals surface area contributed by atoms with Crippen molar-refractivity contribution in [2.45, 2.75) is 45.8 Å². The highest BCUT2D eigenvalue weighted by Gasteiger charge is 2.28. The highest BCUT2D eigenvalue weighted by Crippen LogP contribution is 2.23. The van der Waals surface area contributed by atoms with Crippen molar-refractivity contribution in [1.82, 2.24) is 15.5 Å². The van der Waals surface area contributed by atoms with Crippen LogP contribution in [0.15, 0.2) is 58.7 Å². The third-order valence-electron chi connectivity index (χ3n) is 6.00. The van der Waals surface area contributed by atoms with E-state index in [4.69, 9.17) is 9.47 Å². The Hall–Kier alpha value is -3.86. The summed E-state index contributed by atoms with van der Waals surface area (Å²) in [5, 5.41) is 15.0. The number of ether oxygens (including phenoxy) is 2. The van der Waals surface area contributed by atoms with Crippen LogP contribution in [0.4, 0.5) is 4.79 Å². The lowest BCUT2D eigenvalue weighted by Crippen LogP contribution is -2.43. The van der Waals surface area contributed by atoms with Crippen LogP contribution in [0.25, 0.3) is 0 Å². The van der Waals surface area contributed by atoms with E-state index in [0.29, 0.717) is 36.0 Å². The molecule has 214 valence electrons. The molecule has 10 nitrogen and oxygen atoms in total. The Morgan fingerprint density at radius 1 is 1.12 bits per heavy atom. The van der Waals surface area contributed by atoms with Crippen molar-refractivity contribution in [3.8, 4) is 5.75 Å². The summed E-state index contributed by atoms with van der Waals surface area (Å²) in [4.78, 5) is 52.3. The molecule has 1 unspecified atom stereocenters. The highest BCUT2D eigenvalue weighted by atomic mass is 79.9. The summed E-state index contributed by atoms with van der Waals surface area (Å²) in [5.41, 5.74) is 0.594. The zero-order valence-electron chi connectivity index (χ0n) is 23.0. The third kappa shape index (κ3) is 8.84. The number of benzene rings is 2. The first-order valence-electron chi connectivity index (χ1n) is 12.8. The number of rotatable bonds is 7. The number of amides is 3. The Bertz CT molecular complexity index is 1300. The number of piperidine rings is 1. The van der Waals surface area contributed by atoms with Crippen molar-refractivity contribution in [2.24, 2.45) is 5.92 Å². The van der Waals surface area contributed by atoms with Crippen molar-refractivity contribution in [3.05, 3.63) is 75.4 Å². The van der Waals surface area contributed by atoms with E-state index >= 15 is 0 Å². The van der Waals surface area contributed by atoms with Gasteiger partial charge >= 0.3 is 12.1 Å². The number of nitrogens with zero attached hydrogens (tertiary/aromatic N) is 1. The van der Waals surface area contributed by atoms with Gasteiger partial charge in [-0.25, -0.2) is 9.59 Å². The predicted molar refractivity (Wildman–Crippen MR) is 152 cm³/mol. The van der Waals surface area contributed by atoms with Crippen LogP contribution >= 0.6 is 15.9 Å². The third-order valence-corrected chi connectivity index (χ3v) is 6.66. The van der Waals surface area contributed by atoms with E-state index in [1.165, 1.54) is 25.3 Å². The van der Waals surface area contributed by atoms with E-state index in [1.807, 2.05) is 0 Å². The quantitative estimate of drug-likeness (QED) is 0.308. The zero-order chi connectivity index (χ0) is 29.4. The van der Waals surface area contributed by atoms with Crippen molar-refractivity contribution in [2.75, 3.05) is 20.2 Å². The van der Waals surface area contributed by atoms with E-state index in [-0.39, 0.29) is 35.4 Å². The zero-order valence-corrected chi connectivity index (χ0v) is 24.5. The maximum atomic E-state index is 13.1. The average molecular weight is 617 g/mol. The summed E-state index contributed by atoms with van der Waals surface area (Å²) < 4.78 is 10.7. The van der Waals surface area contributed by atoms with Crippen LogP contribution < -0.4 is 10.6 Å². The van der Waals surface area contributed by atoms with Gasteiger partial charge in [0.25, 0.3) is 11.8 Å². The number of halogens is 1. The number of methoxy groups -OCH3 is 1. The first-order chi connectivity index (χ1) is 18.9. The molecule has 3 N–H and O–H groups in total. The summed E-state index contributed by atoms with van der Waals surface area (Å²) in [7, 11) is 1.22. The summed E-state index contributed by atoms with van der Waals surface area (Å²) in [6, 6.07) is 11.0. The molecule has 1 aliphatic heterocycles. The largest absolute Gasteiger partial charge is 0.508 e. The maximum absolute atomic E-state index is 13.1. The molecule has 0 aliphatic carbocycles. The number of nitrogens with one attached hydrogen (secondary N) is 2. The standard InChI is InChI=1S/C29H34BrN3O7/c1-29(2,3)40-28(38)33-12-6-8-19(17-33)14-24(27(37)39-4)32-26(36)22-11-10-20(15-23(22)30)25(35)31-16-18-7-5-9-21(34)13-18/h5,7,9-11,13-15,19,34H,6,8,12,16-17H2,1-4H3,(H,31,35)(H,32,36)/b24-14-. The fourth-order valence-corrected chi connectivity index (χ4v) is 4.68. The number of carbonyl (C=O) groups excluding carboxylic acids is 4. The number of esters is 1. The van der Waals surface area contributed by atoms with Gasteiger partial charge in [-0.05, 0) is 97.4 Å². The number of likely N-dealkylation sites (tertiary alicyclic amines) is 1. The molecule has 0 spiro atoms. The van der Waals surface area contributed by atoms with Crippen LogP contribution in [-0.4, -0.2) is 59.7 Å². The molecule has 0 radical (unpaired) electrons. The van der Waals surface area contributed by atoms with Gasteiger partial charge in [0.2, 0.25) is 0 Å². The number of phenols is 1. The molecule has 0 aromatic heterocycles. The van der Waals surface area contributed by atoms with E-state index in [9.17, 15) is 24.3 Å². The van der Waals surface area contributed by atoms with Gasteiger partial charge in [0, 0.05) is 29.7 Å². The monoisotopic (exact) mass is 615 g/mol. The maximum Gasteiger partial charge on any atom is 0.410 e. The smallest absolute Gasteiger partial charge is 0.410 e. The van der Waals surface area contributed by atoms with Crippen molar-refractivity contribution in [3.63, 3.8) is 0 Å². The van der Waals surface area contributed by atoms with Gasteiger partial charge < -0.3 is 30.1 Å². The number of hydrogen-bond donors (Lipinski definition) is 3. The van der Waals surface area contributed by atoms with Crippen molar-refractivity contribution < 1.29 is 33.8 Å². The molecule has 11 heteroatoms. The Morgan fingerprint density at radius 3 is 2.52 bits per heavy atom. The first-order valence-corrected chi connectivity index (χ1v) is 13.6. The highest BCUT2D eigenvalue weighted by molar-refractivity contribution is 9.10. The van der Waals surface area contributed by atoms with E-state index < -0.39 is 23.6 Å². The Morgan fingerprint density at radius 2 is 1.88 bits per heavy atom. The molecule has 3 rings (SSSR count). The minimum atomic E-state index is -0.721. The van der Waals surface area contributed by atoms with Crippen LogP contribution in [0.2, 0.25) is 0 Å². The molecule has 1 saturated heterocycles. The van der Waals surface area contributed by atoms with Crippen LogP contribution in [0, 0.1) is 5.92 Å². The Labute approximate surface area is 241 Å². The fraction of sp³-hybridized carbons (Fsp3) is 0.379. The lowest BCUT2D eigenvalue weighted by Gasteiger charge is -2.33. The van der Waals surface area contributed by atoms with Gasteiger partial charge in [-0.15, -0.1) is 0 Å². The summed E-state index contributed by atoms with van der Waals surface area (Å²) >= 11 is 3.34. The molecular weight excluding hydrogens is 582 g/mol. The lowest BCUT2D eigenvalue weighted by molar-refractivity contribution is -0.136. The molecule has 0 saturated carbocycles. The van der Waals surface area contributed by atoms with Crippen LogP contribution in [0.3, 0.4) is 0 Å². The topological polar surface area (TPSA) is 134 Å². The minimum Gasteiger partial charge on any atom is -0.508 e. The second-order valence-electron chi connectivity index (χ2n) is 10.4. The lowest BCUT2D eigenvalue weighted by atomic mass is 9.97. The number of carbonyl (C=O) groups is 4. The molecule has 2 aromatic carbocycles. The molecule has 1 aliphatic rings. The fourth-order valence-electron chi connectivity index (χ4n) is 4.13. The van der Waals surface area contributed by atoms with Gasteiger partial charge in [0.15, 0.2) is 0 Å². The van der Waals surface area contributed by atoms with Gasteiger partial charge in [-0.1, -0.05) is 12.1 Å². The number of aromatic hydroxyl groups is 1. The van der Waals surface area contributed by atoms with E-state index in [0.717, 1.165) is 5.56 Å². The molecular formula is C29H34BrN3O7. The second kappa shape index (κ2) is 13.5. The molecule has 2 aromatic rings. The van der Waals surface area contributed by atoms with Crippen molar-refractivity contribution in [1.29, 1.82) is 0 Å². The number of phenolic OH excluding ortho intramolecular Hbond substituents is 1. The van der Waals surface area contributed by atoms with Gasteiger partial charge in [0.05, 0.1) is 12.7 Å². The minimum absolute atomic E-state index is 0.0385. The van der Waals surface area contributed by atoms with Crippen molar-refractivity contribution >= 4 is 39.8 Å². The molecule has 1 fully saturated rings. The van der Waals surface area contributed by atoms with Gasteiger partial charge in [-0.2, -0.15) is 0 Å². The van der Waals surface area contributed by atoms with Crippen LogP contribution in [0.1, 0.15) is 59.9 Å². The van der Waals surface area contributed by atoms with Crippen LogP contribution in [0.5, 0.6) is 5.75 Å². The summed E-state index contributed by atoms with van der Waals surface area (Å²) in [6.07, 6.45) is 2.61. The molecule has 40 heavy (non-hydrogen) atoms. The molecule has 1 atom stereocenters. The van der Waals surface area contributed by atoms with Gasteiger partial charge in [-0.3, -0.25) is 9.59 Å². The second-order valence-corrected chi connectivity index (χ2v) is 11.3. The first kappa shape index (κ1) is 30.7. The predicted octanol–water partition coefficient (Wildman–Crippen LogP) is 4.52. The molecule has 0 bridgehead atoms. The van der Waals surface area contributed by atoms with E-state index in [1.54, 1.807) is 56.0 Å². The summed E-state index contributed by atoms with van der Waals surface area (Å²) in [6.45, 7) is 6.48. The molecule has 1 heterocycles. The Balaban J connectivity index is 1.69. The Kier molecular flexibility index (Phi) is 10.3. The van der Waals surface area contributed by atoms with Crippen LogP contribution in [-0.2, 0) is 20.8 Å². The summed E-state index contributed by atoms with van der Waals surface area (Å²) in [5.74, 6) is -1.75.